The number of unbranched alkanes of at least 4 members (excludes halogenated alkanes) is 2. The lowest BCUT2D eigenvalue weighted by atomic mass is 10.1. The first-order chi connectivity index (χ1) is 8.76. The molecule has 1 rings (SSSR count). The molecule has 98 valence electrons. The molecule has 0 radical (unpaired) electrons. The molecular weight excluding hydrogens is 244 g/mol. The average molecular weight is 264 g/mol. The third-order valence-corrected chi connectivity index (χ3v) is 3.17. The lowest BCUT2D eigenvalue weighted by molar-refractivity contribution is 0.304. The highest BCUT2D eigenvalue weighted by molar-refractivity contribution is 7.80. The molecule has 0 saturated heterocycles. The van der Waals surface area contributed by atoms with Gasteiger partial charge in [-0.2, -0.15) is 17.9 Å². The molecule has 2 N–H and O–H groups in total. The van der Waals surface area contributed by atoms with Crippen LogP contribution in [-0.2, 0) is 0 Å². The normalized spacial score (nSPS) is 11.8. The number of nitrogens with two attached hydrogens (primary N) is 1. The van der Waals surface area contributed by atoms with Gasteiger partial charge in [-0.1, -0.05) is 12.8 Å². The molecule has 3 nitrogen and oxygen atoms in total. The second-order valence-electron chi connectivity index (χ2n) is 4.28. The molecule has 0 bridgehead atoms. The van der Waals surface area contributed by atoms with E-state index in [0.717, 1.165) is 37.2 Å². The number of nitriles is 1. The van der Waals surface area contributed by atoms with Gasteiger partial charge in [-0.15, -0.1) is 0 Å². The van der Waals surface area contributed by atoms with E-state index in [4.69, 9.17) is 15.7 Å². The van der Waals surface area contributed by atoms with Crippen LogP contribution in [0.15, 0.2) is 24.3 Å². The van der Waals surface area contributed by atoms with E-state index in [9.17, 15) is 0 Å². The number of rotatable bonds is 8. The fourth-order valence-corrected chi connectivity index (χ4v) is 1.77. The van der Waals surface area contributed by atoms with Gasteiger partial charge in [0.1, 0.15) is 5.75 Å². The summed E-state index contributed by atoms with van der Waals surface area (Å²) in [6.45, 7) is 0.710. The average Bonchev–Trinajstić information content (AvgIpc) is 2.43. The van der Waals surface area contributed by atoms with Crippen molar-refractivity contribution >= 4 is 12.6 Å². The van der Waals surface area contributed by atoms with Crippen molar-refractivity contribution in [1.29, 1.82) is 5.26 Å². The summed E-state index contributed by atoms with van der Waals surface area (Å²) < 4.78 is 5.58. The number of hydrogen-bond donors (Lipinski definition) is 2. The summed E-state index contributed by atoms with van der Waals surface area (Å²) in [5.41, 5.74) is 6.43. The summed E-state index contributed by atoms with van der Waals surface area (Å²) in [6.07, 6.45) is 4.30. The van der Waals surface area contributed by atoms with Crippen LogP contribution in [0.1, 0.15) is 31.2 Å². The molecule has 0 aliphatic carbocycles. The van der Waals surface area contributed by atoms with Crippen LogP contribution >= 0.6 is 12.6 Å². The van der Waals surface area contributed by atoms with Gasteiger partial charge in [0, 0.05) is 11.8 Å². The van der Waals surface area contributed by atoms with Crippen molar-refractivity contribution < 1.29 is 4.74 Å². The van der Waals surface area contributed by atoms with Gasteiger partial charge in [0.25, 0.3) is 0 Å². The molecule has 18 heavy (non-hydrogen) atoms. The van der Waals surface area contributed by atoms with Crippen molar-refractivity contribution in [2.24, 2.45) is 5.73 Å². The van der Waals surface area contributed by atoms with Crippen molar-refractivity contribution in [2.75, 3.05) is 12.4 Å². The summed E-state index contributed by atoms with van der Waals surface area (Å²) in [5, 5.41) is 8.66. The number of ether oxygens (including phenoxy) is 1. The van der Waals surface area contributed by atoms with E-state index in [0.29, 0.717) is 12.2 Å². The molecule has 0 heterocycles. The first-order valence-corrected chi connectivity index (χ1v) is 6.89. The Hall–Kier alpha value is -1.18. The number of hydrogen-bond acceptors (Lipinski definition) is 4. The Morgan fingerprint density at radius 3 is 2.56 bits per heavy atom. The second-order valence-corrected chi connectivity index (χ2v) is 4.64. The van der Waals surface area contributed by atoms with Crippen LogP contribution in [0.25, 0.3) is 0 Å². The second kappa shape index (κ2) is 8.84. The molecular formula is C14H20N2OS. The number of nitrogens with zero attached hydrogens (tertiary/aromatic N) is 1. The largest absolute Gasteiger partial charge is 0.494 e. The highest BCUT2D eigenvalue weighted by Gasteiger charge is 1.99. The van der Waals surface area contributed by atoms with Crippen molar-refractivity contribution in [3.63, 3.8) is 0 Å². The van der Waals surface area contributed by atoms with E-state index in [2.05, 4.69) is 18.7 Å². The van der Waals surface area contributed by atoms with E-state index in [1.807, 2.05) is 12.1 Å². The van der Waals surface area contributed by atoms with Crippen molar-refractivity contribution in [2.45, 2.75) is 31.7 Å². The number of thiol groups is 1. The minimum Gasteiger partial charge on any atom is -0.494 e. The highest BCUT2D eigenvalue weighted by atomic mass is 32.1. The first kappa shape index (κ1) is 14.9. The van der Waals surface area contributed by atoms with Crippen LogP contribution in [0.2, 0.25) is 0 Å². The molecule has 4 heteroatoms. The first-order valence-electron chi connectivity index (χ1n) is 6.25. The van der Waals surface area contributed by atoms with Gasteiger partial charge in [-0.3, -0.25) is 0 Å². The standard InChI is InChI=1S/C14H20N2OS/c15-10-12-5-7-14(8-6-12)17-9-3-1-2-4-13(16)11-18/h5-8,13,18H,1-4,9,11,16H2/t13-/m0/s1. The van der Waals surface area contributed by atoms with Gasteiger partial charge < -0.3 is 10.5 Å². The van der Waals surface area contributed by atoms with Crippen LogP contribution in [0, 0.1) is 11.3 Å². The summed E-state index contributed by atoms with van der Waals surface area (Å²) in [4.78, 5) is 0. The van der Waals surface area contributed by atoms with Gasteiger partial charge in [-0.05, 0) is 37.1 Å². The Morgan fingerprint density at radius 2 is 1.94 bits per heavy atom. The molecule has 0 unspecified atom stereocenters. The zero-order valence-electron chi connectivity index (χ0n) is 10.5. The third-order valence-electron chi connectivity index (χ3n) is 2.71. The molecule has 0 aromatic heterocycles. The Morgan fingerprint density at radius 1 is 1.22 bits per heavy atom. The van der Waals surface area contributed by atoms with Crippen LogP contribution in [0.3, 0.4) is 0 Å². The zero-order valence-corrected chi connectivity index (χ0v) is 11.4. The van der Waals surface area contributed by atoms with Crippen LogP contribution in [0.4, 0.5) is 0 Å². The molecule has 0 fully saturated rings. The predicted octanol–water partition coefficient (Wildman–Crippen LogP) is 2.75. The molecule has 1 atom stereocenters. The van der Waals surface area contributed by atoms with Crippen molar-refractivity contribution in [1.82, 2.24) is 0 Å². The third kappa shape index (κ3) is 5.95. The summed E-state index contributed by atoms with van der Waals surface area (Å²) in [5.74, 6) is 1.57. The van der Waals surface area contributed by atoms with Gasteiger partial charge in [0.15, 0.2) is 0 Å². The number of benzene rings is 1. The van der Waals surface area contributed by atoms with E-state index < -0.39 is 0 Å². The van der Waals surface area contributed by atoms with Crippen LogP contribution in [0.5, 0.6) is 5.75 Å². The Balaban J connectivity index is 2.09. The van der Waals surface area contributed by atoms with Crippen LogP contribution in [-0.4, -0.2) is 18.4 Å². The molecule has 1 aromatic carbocycles. The predicted molar refractivity (Wildman–Crippen MR) is 76.9 cm³/mol. The van der Waals surface area contributed by atoms with E-state index in [1.54, 1.807) is 12.1 Å². The topological polar surface area (TPSA) is 59.0 Å². The smallest absolute Gasteiger partial charge is 0.119 e. The lowest BCUT2D eigenvalue weighted by Crippen LogP contribution is -2.21. The zero-order chi connectivity index (χ0) is 13.2. The minimum absolute atomic E-state index is 0.216. The van der Waals surface area contributed by atoms with Crippen molar-refractivity contribution in [3.05, 3.63) is 29.8 Å². The molecule has 0 aliphatic heterocycles. The van der Waals surface area contributed by atoms with E-state index in [1.165, 1.54) is 0 Å². The summed E-state index contributed by atoms with van der Waals surface area (Å²) >= 11 is 4.15. The highest BCUT2D eigenvalue weighted by Crippen LogP contribution is 2.12. The van der Waals surface area contributed by atoms with Gasteiger partial charge >= 0.3 is 0 Å². The van der Waals surface area contributed by atoms with E-state index in [-0.39, 0.29) is 6.04 Å². The lowest BCUT2D eigenvalue weighted by Gasteiger charge is -2.08. The Bertz CT molecular complexity index is 372. The fourth-order valence-electron chi connectivity index (χ4n) is 1.59. The molecule has 0 amide bonds. The Kier molecular flexibility index (Phi) is 7.31. The fraction of sp³-hybridized carbons (Fsp3) is 0.500. The van der Waals surface area contributed by atoms with Gasteiger partial charge in [-0.25, -0.2) is 0 Å². The molecule has 0 spiro atoms. The summed E-state index contributed by atoms with van der Waals surface area (Å²) in [7, 11) is 0. The maximum atomic E-state index is 8.66. The van der Waals surface area contributed by atoms with E-state index >= 15 is 0 Å². The van der Waals surface area contributed by atoms with Crippen LogP contribution < -0.4 is 10.5 Å². The Labute approximate surface area is 114 Å². The maximum absolute atomic E-state index is 8.66. The van der Waals surface area contributed by atoms with Gasteiger partial charge in [0.2, 0.25) is 0 Å². The maximum Gasteiger partial charge on any atom is 0.119 e. The summed E-state index contributed by atoms with van der Waals surface area (Å²) in [6, 6.07) is 9.48. The minimum atomic E-state index is 0.216. The molecule has 0 saturated carbocycles. The van der Waals surface area contributed by atoms with Crippen molar-refractivity contribution in [3.8, 4) is 11.8 Å². The van der Waals surface area contributed by atoms with Gasteiger partial charge in [0.05, 0.1) is 18.2 Å². The SMILES string of the molecule is N#Cc1ccc(OCCCCC[C@H](N)CS)cc1. The molecule has 0 aliphatic rings. The monoisotopic (exact) mass is 264 g/mol. The quantitative estimate of drug-likeness (QED) is 0.560. The molecule has 1 aromatic rings.